The van der Waals surface area contributed by atoms with Gasteiger partial charge in [0.2, 0.25) is 5.91 Å². The number of hydrogen-bond acceptors (Lipinski definition) is 3. The Bertz CT molecular complexity index is 306. The largest absolute Gasteiger partial charge is 0.393 e. The molecule has 0 aromatic rings. The van der Waals surface area contributed by atoms with Gasteiger partial charge < -0.3 is 14.7 Å². The molecule has 4 unspecified atom stereocenters. The third-order valence-electron chi connectivity index (χ3n) is 4.51. The Morgan fingerprint density at radius 1 is 1.24 bits per heavy atom. The second kappa shape index (κ2) is 4.25. The van der Waals surface area contributed by atoms with Gasteiger partial charge in [-0.15, -0.1) is 0 Å². The van der Waals surface area contributed by atoms with Gasteiger partial charge in [0, 0.05) is 12.1 Å². The van der Waals surface area contributed by atoms with E-state index in [1.54, 1.807) is 0 Å². The lowest BCUT2D eigenvalue weighted by molar-refractivity contribution is -0.141. The van der Waals surface area contributed by atoms with E-state index in [1.165, 1.54) is 0 Å². The quantitative estimate of drug-likeness (QED) is 0.740. The summed E-state index contributed by atoms with van der Waals surface area (Å²) in [5, 5.41) is 9.73. The Morgan fingerprint density at radius 2 is 1.88 bits per heavy atom. The van der Waals surface area contributed by atoms with E-state index >= 15 is 0 Å². The average molecular weight is 239 g/mol. The first-order valence-corrected chi connectivity index (χ1v) is 6.77. The number of piperidine rings is 1. The van der Waals surface area contributed by atoms with Crippen LogP contribution >= 0.6 is 0 Å². The van der Waals surface area contributed by atoms with Crippen molar-refractivity contribution in [3.63, 3.8) is 0 Å². The number of amides is 1. The van der Waals surface area contributed by atoms with Crippen LogP contribution in [0, 0.1) is 5.92 Å². The number of aliphatic hydroxyl groups excluding tert-OH is 1. The zero-order valence-electron chi connectivity index (χ0n) is 10.3. The monoisotopic (exact) mass is 239 g/mol. The molecule has 1 N–H and O–H groups in total. The van der Waals surface area contributed by atoms with E-state index in [4.69, 9.17) is 4.74 Å². The van der Waals surface area contributed by atoms with Crippen LogP contribution in [0.4, 0.5) is 0 Å². The summed E-state index contributed by atoms with van der Waals surface area (Å²) in [6, 6.07) is 0.569. The molecule has 3 heterocycles. The summed E-state index contributed by atoms with van der Waals surface area (Å²) in [4.78, 5) is 14.5. The van der Waals surface area contributed by atoms with Gasteiger partial charge in [-0.05, 0) is 39.0 Å². The summed E-state index contributed by atoms with van der Waals surface area (Å²) >= 11 is 0. The lowest BCUT2D eigenvalue weighted by atomic mass is 9.96. The fourth-order valence-electron chi connectivity index (χ4n) is 3.71. The molecule has 0 aromatic heterocycles. The maximum absolute atomic E-state index is 12.5. The predicted octanol–water partition coefficient (Wildman–Crippen LogP) is 0.926. The van der Waals surface area contributed by atoms with Crippen LogP contribution in [0.2, 0.25) is 0 Å². The number of fused-ring (bicyclic) bond motifs is 2. The number of carbonyl (C=O) groups excluding carboxylic acids is 1. The summed E-state index contributed by atoms with van der Waals surface area (Å²) in [5.74, 6) is 0.331. The molecule has 3 saturated heterocycles. The van der Waals surface area contributed by atoms with Crippen molar-refractivity contribution >= 4 is 5.91 Å². The smallest absolute Gasteiger partial charge is 0.228 e. The van der Waals surface area contributed by atoms with E-state index in [9.17, 15) is 9.90 Å². The van der Waals surface area contributed by atoms with Crippen molar-refractivity contribution in [2.24, 2.45) is 5.92 Å². The van der Waals surface area contributed by atoms with Gasteiger partial charge in [-0.2, -0.15) is 0 Å². The third kappa shape index (κ3) is 1.97. The van der Waals surface area contributed by atoms with Crippen molar-refractivity contribution < 1.29 is 14.6 Å². The first-order chi connectivity index (χ1) is 8.15. The molecule has 4 atom stereocenters. The summed E-state index contributed by atoms with van der Waals surface area (Å²) in [7, 11) is 0. The molecule has 0 aliphatic carbocycles. The van der Waals surface area contributed by atoms with E-state index in [2.05, 4.69) is 4.90 Å². The van der Waals surface area contributed by atoms with E-state index in [-0.39, 0.29) is 36.1 Å². The molecule has 1 amide bonds. The van der Waals surface area contributed by atoms with Crippen LogP contribution in [0.1, 0.15) is 39.0 Å². The van der Waals surface area contributed by atoms with Gasteiger partial charge >= 0.3 is 0 Å². The Hall–Kier alpha value is -0.610. The Kier molecular flexibility index (Phi) is 2.87. The molecule has 0 saturated carbocycles. The van der Waals surface area contributed by atoms with Gasteiger partial charge in [-0.3, -0.25) is 4.79 Å². The number of hydrogen-bond donors (Lipinski definition) is 1. The molecule has 0 spiro atoms. The first-order valence-electron chi connectivity index (χ1n) is 6.77. The van der Waals surface area contributed by atoms with Crippen LogP contribution in [0.25, 0.3) is 0 Å². The van der Waals surface area contributed by atoms with E-state index < -0.39 is 0 Å². The Balaban J connectivity index is 1.70. The van der Waals surface area contributed by atoms with Gasteiger partial charge in [0.25, 0.3) is 0 Å². The molecule has 0 radical (unpaired) electrons. The van der Waals surface area contributed by atoms with E-state index in [0.717, 1.165) is 32.1 Å². The maximum Gasteiger partial charge on any atom is 0.228 e. The van der Waals surface area contributed by atoms with E-state index in [0.29, 0.717) is 6.61 Å². The average Bonchev–Trinajstić information content (AvgIpc) is 2.81. The normalized spacial score (nSPS) is 45.3. The van der Waals surface area contributed by atoms with Crippen LogP contribution in [0.3, 0.4) is 0 Å². The molecular formula is C13H21NO3. The SMILES string of the molecule is CC1CC(C(=O)N2C3CCC2CC(O)C3)CO1. The minimum atomic E-state index is -0.199. The summed E-state index contributed by atoms with van der Waals surface area (Å²) < 4.78 is 5.49. The van der Waals surface area contributed by atoms with Gasteiger partial charge in [-0.1, -0.05) is 0 Å². The number of rotatable bonds is 1. The molecule has 4 heteroatoms. The van der Waals surface area contributed by atoms with Gasteiger partial charge in [0.05, 0.1) is 24.7 Å². The van der Waals surface area contributed by atoms with Gasteiger partial charge in [0.1, 0.15) is 0 Å². The van der Waals surface area contributed by atoms with Crippen LogP contribution in [-0.4, -0.2) is 46.8 Å². The summed E-state index contributed by atoms with van der Waals surface area (Å²) in [6.45, 7) is 2.61. The molecule has 0 aromatic carbocycles. The highest BCUT2D eigenvalue weighted by molar-refractivity contribution is 5.80. The summed E-state index contributed by atoms with van der Waals surface area (Å²) in [5.41, 5.74) is 0. The Labute approximate surface area is 102 Å². The van der Waals surface area contributed by atoms with Crippen molar-refractivity contribution in [2.45, 2.75) is 63.3 Å². The minimum Gasteiger partial charge on any atom is -0.393 e. The first kappa shape index (κ1) is 11.5. The molecular weight excluding hydrogens is 218 g/mol. The second-order valence-electron chi connectivity index (χ2n) is 5.83. The third-order valence-corrected chi connectivity index (χ3v) is 4.51. The van der Waals surface area contributed by atoms with Crippen molar-refractivity contribution in [3.8, 4) is 0 Å². The molecule has 96 valence electrons. The molecule has 3 aliphatic rings. The highest BCUT2D eigenvalue weighted by Gasteiger charge is 2.45. The molecule has 3 rings (SSSR count). The van der Waals surface area contributed by atoms with Crippen molar-refractivity contribution in [2.75, 3.05) is 6.61 Å². The number of nitrogens with zero attached hydrogens (tertiary/aromatic N) is 1. The maximum atomic E-state index is 12.5. The zero-order valence-corrected chi connectivity index (χ0v) is 10.3. The summed E-state index contributed by atoms with van der Waals surface area (Å²) in [6.07, 6.45) is 4.55. The lowest BCUT2D eigenvalue weighted by Gasteiger charge is -2.38. The topological polar surface area (TPSA) is 49.8 Å². The van der Waals surface area contributed by atoms with Crippen molar-refractivity contribution in [3.05, 3.63) is 0 Å². The van der Waals surface area contributed by atoms with Crippen molar-refractivity contribution in [1.29, 1.82) is 0 Å². The van der Waals surface area contributed by atoms with Gasteiger partial charge in [-0.25, -0.2) is 0 Å². The lowest BCUT2D eigenvalue weighted by Crippen LogP contribution is -2.50. The zero-order chi connectivity index (χ0) is 12.0. The fourth-order valence-corrected chi connectivity index (χ4v) is 3.71. The molecule has 3 fully saturated rings. The van der Waals surface area contributed by atoms with Crippen LogP contribution in [0.5, 0.6) is 0 Å². The molecule has 2 bridgehead atoms. The van der Waals surface area contributed by atoms with E-state index in [1.807, 2.05) is 6.92 Å². The Morgan fingerprint density at radius 3 is 2.41 bits per heavy atom. The van der Waals surface area contributed by atoms with Gasteiger partial charge in [0.15, 0.2) is 0 Å². The van der Waals surface area contributed by atoms with Crippen LogP contribution in [0.15, 0.2) is 0 Å². The minimum absolute atomic E-state index is 0.0587. The number of carbonyl (C=O) groups is 1. The fraction of sp³-hybridized carbons (Fsp3) is 0.923. The highest BCUT2D eigenvalue weighted by atomic mass is 16.5. The highest BCUT2D eigenvalue weighted by Crippen LogP contribution is 2.37. The molecule has 4 nitrogen and oxygen atoms in total. The number of aliphatic hydroxyl groups is 1. The molecule has 3 aliphatic heterocycles. The molecule has 17 heavy (non-hydrogen) atoms. The van der Waals surface area contributed by atoms with Crippen LogP contribution < -0.4 is 0 Å². The van der Waals surface area contributed by atoms with Crippen LogP contribution in [-0.2, 0) is 9.53 Å². The number of ether oxygens (including phenoxy) is 1. The van der Waals surface area contributed by atoms with Crippen molar-refractivity contribution in [1.82, 2.24) is 4.90 Å². The standard InChI is InChI=1S/C13H21NO3/c1-8-4-9(7-17-8)13(16)14-10-2-3-11(14)6-12(15)5-10/h8-12,15H,2-7H2,1H3. The second-order valence-corrected chi connectivity index (χ2v) is 5.83. The predicted molar refractivity (Wildman–Crippen MR) is 62.4 cm³/mol.